The molecule has 88 valence electrons. The van der Waals surface area contributed by atoms with Gasteiger partial charge in [-0.3, -0.25) is 4.90 Å². The third kappa shape index (κ3) is 2.74. The minimum Gasteiger partial charge on any atom is -0.508 e. The van der Waals surface area contributed by atoms with Gasteiger partial charge in [-0.25, -0.2) is 0 Å². The van der Waals surface area contributed by atoms with Gasteiger partial charge in [0.2, 0.25) is 0 Å². The molecular formula is C13H20N2O. The Morgan fingerprint density at radius 2 is 2.38 bits per heavy atom. The van der Waals surface area contributed by atoms with Gasteiger partial charge in [-0.2, -0.15) is 0 Å². The maximum absolute atomic E-state index is 9.43. The summed E-state index contributed by atoms with van der Waals surface area (Å²) in [6.07, 6.45) is 2.56. The number of aromatic hydroxyl groups is 1. The van der Waals surface area contributed by atoms with Crippen LogP contribution in [0.3, 0.4) is 0 Å². The molecule has 1 fully saturated rings. The van der Waals surface area contributed by atoms with Crippen molar-refractivity contribution in [2.75, 3.05) is 20.1 Å². The quantitative estimate of drug-likeness (QED) is 0.808. The van der Waals surface area contributed by atoms with Gasteiger partial charge in [-0.1, -0.05) is 12.1 Å². The Bertz CT molecular complexity index is 340. The second-order valence-electron chi connectivity index (χ2n) is 4.49. The average Bonchev–Trinajstić information content (AvgIpc) is 2.66. The predicted molar refractivity (Wildman–Crippen MR) is 65.5 cm³/mol. The molecule has 1 atom stereocenters. The van der Waals surface area contributed by atoms with Crippen LogP contribution >= 0.6 is 0 Å². The van der Waals surface area contributed by atoms with Crippen molar-refractivity contribution in [3.63, 3.8) is 0 Å². The van der Waals surface area contributed by atoms with Crippen LogP contribution in [0.2, 0.25) is 0 Å². The fraction of sp³-hybridized carbons (Fsp3) is 0.538. The molecule has 0 radical (unpaired) electrons. The fourth-order valence-corrected chi connectivity index (χ4v) is 2.46. The van der Waals surface area contributed by atoms with Gasteiger partial charge in [0.25, 0.3) is 0 Å². The highest BCUT2D eigenvalue weighted by Crippen LogP contribution is 2.21. The zero-order valence-corrected chi connectivity index (χ0v) is 9.82. The number of benzene rings is 1. The summed E-state index contributed by atoms with van der Waals surface area (Å²) in [6.45, 7) is 3.17. The van der Waals surface area contributed by atoms with Crippen molar-refractivity contribution >= 4 is 0 Å². The molecule has 0 aliphatic carbocycles. The van der Waals surface area contributed by atoms with E-state index < -0.39 is 0 Å². The minimum absolute atomic E-state index is 0.363. The first-order valence-corrected chi connectivity index (χ1v) is 5.96. The second kappa shape index (κ2) is 5.32. The third-order valence-electron chi connectivity index (χ3n) is 3.24. The van der Waals surface area contributed by atoms with Gasteiger partial charge >= 0.3 is 0 Å². The number of rotatable bonds is 4. The van der Waals surface area contributed by atoms with Crippen molar-refractivity contribution in [2.24, 2.45) is 0 Å². The molecule has 1 saturated heterocycles. The SMILES string of the molecule is CNCC1CCCN1Cc1cccc(O)c1. The topological polar surface area (TPSA) is 35.5 Å². The molecule has 0 saturated carbocycles. The zero-order chi connectivity index (χ0) is 11.4. The highest BCUT2D eigenvalue weighted by atomic mass is 16.3. The highest BCUT2D eigenvalue weighted by molar-refractivity contribution is 5.27. The maximum atomic E-state index is 9.43. The molecule has 1 aromatic carbocycles. The van der Waals surface area contributed by atoms with Crippen LogP contribution in [0.1, 0.15) is 18.4 Å². The fourth-order valence-electron chi connectivity index (χ4n) is 2.46. The number of likely N-dealkylation sites (tertiary alicyclic amines) is 1. The number of hydrogen-bond acceptors (Lipinski definition) is 3. The summed E-state index contributed by atoms with van der Waals surface area (Å²) in [6, 6.07) is 8.21. The molecule has 0 amide bonds. The first kappa shape index (κ1) is 11.4. The summed E-state index contributed by atoms with van der Waals surface area (Å²) in [7, 11) is 2.00. The summed E-state index contributed by atoms with van der Waals surface area (Å²) in [5.74, 6) is 0.363. The highest BCUT2D eigenvalue weighted by Gasteiger charge is 2.23. The Balaban J connectivity index is 1.98. The smallest absolute Gasteiger partial charge is 0.115 e. The lowest BCUT2D eigenvalue weighted by atomic mass is 10.1. The molecule has 1 unspecified atom stereocenters. The summed E-state index contributed by atoms with van der Waals surface area (Å²) in [5, 5.41) is 12.7. The van der Waals surface area contributed by atoms with Crippen LogP contribution in [-0.4, -0.2) is 36.2 Å². The average molecular weight is 220 g/mol. The lowest BCUT2D eigenvalue weighted by Gasteiger charge is -2.24. The van der Waals surface area contributed by atoms with E-state index in [4.69, 9.17) is 0 Å². The van der Waals surface area contributed by atoms with E-state index in [1.165, 1.54) is 24.9 Å². The monoisotopic (exact) mass is 220 g/mol. The lowest BCUT2D eigenvalue weighted by Crippen LogP contribution is -2.36. The zero-order valence-electron chi connectivity index (χ0n) is 9.82. The van der Waals surface area contributed by atoms with E-state index in [2.05, 4.69) is 16.3 Å². The number of phenols is 1. The molecule has 1 heterocycles. The van der Waals surface area contributed by atoms with Gasteiger partial charge in [0, 0.05) is 19.1 Å². The number of nitrogens with one attached hydrogen (secondary N) is 1. The summed E-state index contributed by atoms with van der Waals surface area (Å²) in [4.78, 5) is 2.49. The molecule has 1 aromatic rings. The van der Waals surface area contributed by atoms with Crippen molar-refractivity contribution in [3.8, 4) is 5.75 Å². The van der Waals surface area contributed by atoms with E-state index in [1.807, 2.05) is 19.2 Å². The van der Waals surface area contributed by atoms with E-state index in [-0.39, 0.29) is 0 Å². The van der Waals surface area contributed by atoms with E-state index >= 15 is 0 Å². The van der Waals surface area contributed by atoms with Crippen LogP contribution in [0.25, 0.3) is 0 Å². The van der Waals surface area contributed by atoms with Gasteiger partial charge in [0.15, 0.2) is 0 Å². The summed E-state index contributed by atoms with van der Waals surface area (Å²) >= 11 is 0. The molecule has 2 N–H and O–H groups in total. The maximum Gasteiger partial charge on any atom is 0.115 e. The number of hydrogen-bond donors (Lipinski definition) is 2. The first-order valence-electron chi connectivity index (χ1n) is 5.96. The number of phenolic OH excluding ortho intramolecular Hbond substituents is 1. The van der Waals surface area contributed by atoms with E-state index in [1.54, 1.807) is 6.07 Å². The van der Waals surface area contributed by atoms with Gasteiger partial charge in [0.1, 0.15) is 5.75 Å². The van der Waals surface area contributed by atoms with Crippen LogP contribution < -0.4 is 5.32 Å². The van der Waals surface area contributed by atoms with E-state index in [0.717, 1.165) is 13.1 Å². The van der Waals surface area contributed by atoms with Crippen LogP contribution in [0.5, 0.6) is 5.75 Å². The Morgan fingerprint density at radius 3 is 3.12 bits per heavy atom. The standard InChI is InChI=1S/C13H20N2O/c1-14-9-12-5-3-7-15(12)10-11-4-2-6-13(16)8-11/h2,4,6,8,12,14,16H,3,5,7,9-10H2,1H3. The van der Waals surface area contributed by atoms with Gasteiger partial charge in [-0.15, -0.1) is 0 Å². The molecule has 16 heavy (non-hydrogen) atoms. The van der Waals surface area contributed by atoms with Crippen molar-refractivity contribution in [3.05, 3.63) is 29.8 Å². The van der Waals surface area contributed by atoms with E-state index in [0.29, 0.717) is 11.8 Å². The Morgan fingerprint density at radius 1 is 1.50 bits per heavy atom. The molecule has 3 heteroatoms. The normalized spacial score (nSPS) is 21.4. The van der Waals surface area contributed by atoms with Crippen LogP contribution in [0.15, 0.2) is 24.3 Å². The number of nitrogens with zero attached hydrogens (tertiary/aromatic N) is 1. The van der Waals surface area contributed by atoms with Crippen LogP contribution in [0.4, 0.5) is 0 Å². The first-order chi connectivity index (χ1) is 7.79. The van der Waals surface area contributed by atoms with Crippen molar-refractivity contribution in [1.29, 1.82) is 0 Å². The Kier molecular flexibility index (Phi) is 3.80. The molecular weight excluding hydrogens is 200 g/mol. The minimum atomic E-state index is 0.363. The third-order valence-corrected chi connectivity index (χ3v) is 3.24. The molecule has 2 rings (SSSR count). The van der Waals surface area contributed by atoms with Gasteiger partial charge < -0.3 is 10.4 Å². The Labute approximate surface area is 97.1 Å². The molecule has 0 bridgehead atoms. The lowest BCUT2D eigenvalue weighted by molar-refractivity contribution is 0.242. The summed E-state index contributed by atoms with van der Waals surface area (Å²) < 4.78 is 0. The van der Waals surface area contributed by atoms with Crippen LogP contribution in [0, 0.1) is 0 Å². The van der Waals surface area contributed by atoms with Crippen molar-refractivity contribution in [1.82, 2.24) is 10.2 Å². The Hall–Kier alpha value is -1.06. The second-order valence-corrected chi connectivity index (χ2v) is 4.49. The van der Waals surface area contributed by atoms with Gasteiger partial charge in [-0.05, 0) is 44.1 Å². The summed E-state index contributed by atoms with van der Waals surface area (Å²) in [5.41, 5.74) is 1.20. The molecule has 0 spiro atoms. The predicted octanol–water partition coefficient (Wildman–Crippen LogP) is 1.58. The molecule has 3 nitrogen and oxygen atoms in total. The van der Waals surface area contributed by atoms with Crippen LogP contribution in [-0.2, 0) is 6.54 Å². The largest absolute Gasteiger partial charge is 0.508 e. The number of likely N-dealkylation sites (N-methyl/N-ethyl adjacent to an activating group) is 1. The molecule has 1 aliphatic heterocycles. The van der Waals surface area contributed by atoms with Crippen molar-refractivity contribution in [2.45, 2.75) is 25.4 Å². The molecule has 0 aromatic heterocycles. The molecule has 1 aliphatic rings. The van der Waals surface area contributed by atoms with Gasteiger partial charge in [0.05, 0.1) is 0 Å². The van der Waals surface area contributed by atoms with Crippen molar-refractivity contribution < 1.29 is 5.11 Å². The van der Waals surface area contributed by atoms with E-state index in [9.17, 15) is 5.11 Å².